The zero-order valence-electron chi connectivity index (χ0n) is 18.8. The van der Waals surface area contributed by atoms with Crippen molar-refractivity contribution in [2.24, 2.45) is 5.10 Å². The summed E-state index contributed by atoms with van der Waals surface area (Å²) < 4.78 is 16.7. The normalized spacial score (nSPS) is 10.9. The number of furan rings is 1. The summed E-state index contributed by atoms with van der Waals surface area (Å²) in [5.41, 5.74) is 3.82. The molecule has 0 saturated carbocycles. The molecule has 11 heteroatoms. The number of carbonyl (C=O) groups excluding carboxylic acids is 1. The molecule has 0 saturated heterocycles. The molecule has 0 unspecified atom stereocenters. The number of nitro benzene ring substituents is 1. The lowest BCUT2D eigenvalue weighted by Gasteiger charge is -2.13. The molecule has 0 atom stereocenters. The molecule has 2 N–H and O–H groups in total. The Labute approximate surface area is 203 Å². The van der Waals surface area contributed by atoms with Gasteiger partial charge in [-0.25, -0.2) is 10.2 Å². The van der Waals surface area contributed by atoms with Gasteiger partial charge in [0.2, 0.25) is 0 Å². The van der Waals surface area contributed by atoms with Crippen molar-refractivity contribution in [2.45, 2.75) is 6.61 Å². The number of hydrazone groups is 1. The van der Waals surface area contributed by atoms with Crippen molar-refractivity contribution in [2.75, 3.05) is 7.11 Å². The molecule has 182 valence electrons. The molecular weight excluding hydrogens is 470 g/mol. The van der Waals surface area contributed by atoms with E-state index in [-0.39, 0.29) is 23.6 Å². The Hall–Kier alpha value is -5.19. The number of benzene rings is 3. The highest BCUT2D eigenvalue weighted by atomic mass is 16.6. The first-order valence-corrected chi connectivity index (χ1v) is 10.5. The van der Waals surface area contributed by atoms with Crippen LogP contribution in [0.1, 0.15) is 32.0 Å². The summed E-state index contributed by atoms with van der Waals surface area (Å²) in [5.74, 6) is -1.00. The van der Waals surface area contributed by atoms with Crippen LogP contribution >= 0.6 is 0 Å². The number of rotatable bonds is 9. The lowest BCUT2D eigenvalue weighted by molar-refractivity contribution is -0.384. The van der Waals surface area contributed by atoms with Crippen LogP contribution in [0, 0.1) is 10.1 Å². The zero-order chi connectivity index (χ0) is 25.7. The van der Waals surface area contributed by atoms with Crippen molar-refractivity contribution >= 4 is 34.7 Å². The number of methoxy groups -OCH3 is 1. The molecule has 11 nitrogen and oxygen atoms in total. The van der Waals surface area contributed by atoms with Crippen LogP contribution in [-0.2, 0) is 6.61 Å². The predicted octanol–water partition coefficient (Wildman–Crippen LogP) is 4.39. The Morgan fingerprint density at radius 1 is 1.14 bits per heavy atom. The fraction of sp³-hybridized carbons (Fsp3) is 0.0800. The first kappa shape index (κ1) is 24.0. The summed E-state index contributed by atoms with van der Waals surface area (Å²) in [6.07, 6.45) is 1.36. The second kappa shape index (κ2) is 10.4. The SMILES string of the molecule is COc1cccc(/C=N/NC(=O)c2cc3cc([N+](=O)[O-])ccc3o2)c1OCc1cccc(C(=O)O)c1. The number of para-hydroxylation sites is 1. The summed E-state index contributed by atoms with van der Waals surface area (Å²) in [6, 6.07) is 16.8. The van der Waals surface area contributed by atoms with Crippen LogP contribution in [0.4, 0.5) is 5.69 Å². The van der Waals surface area contributed by atoms with Crippen molar-refractivity contribution in [3.63, 3.8) is 0 Å². The van der Waals surface area contributed by atoms with Crippen molar-refractivity contribution < 1.29 is 33.5 Å². The van der Waals surface area contributed by atoms with E-state index in [1.807, 2.05) is 0 Å². The van der Waals surface area contributed by atoms with Crippen LogP contribution < -0.4 is 14.9 Å². The zero-order valence-corrected chi connectivity index (χ0v) is 18.8. The first-order chi connectivity index (χ1) is 17.4. The fourth-order valence-electron chi connectivity index (χ4n) is 3.37. The van der Waals surface area contributed by atoms with Gasteiger partial charge < -0.3 is 19.0 Å². The van der Waals surface area contributed by atoms with Crippen molar-refractivity contribution in [1.29, 1.82) is 0 Å². The topological polar surface area (TPSA) is 154 Å². The monoisotopic (exact) mass is 489 g/mol. The Morgan fingerprint density at radius 3 is 2.69 bits per heavy atom. The third-order valence-corrected chi connectivity index (χ3v) is 5.09. The molecular formula is C25H19N3O8. The number of fused-ring (bicyclic) bond motifs is 1. The van der Waals surface area contributed by atoms with Gasteiger partial charge in [-0.1, -0.05) is 18.2 Å². The van der Waals surface area contributed by atoms with Gasteiger partial charge in [0.25, 0.3) is 5.69 Å². The standard InChI is InChI=1S/C25H19N3O8/c1-34-21-7-3-6-17(23(21)35-14-15-4-2-5-16(10-15)25(30)31)13-26-27-24(29)22-12-18-11-19(28(32)33)8-9-20(18)36-22/h2-13H,14H2,1H3,(H,27,29)(H,30,31)/b26-13+. The van der Waals surface area contributed by atoms with Gasteiger partial charge in [-0.15, -0.1) is 0 Å². The van der Waals surface area contributed by atoms with Crippen molar-refractivity contribution in [1.82, 2.24) is 5.43 Å². The number of aromatic carboxylic acids is 1. The number of carboxylic acid groups (broad SMARTS) is 1. The van der Waals surface area contributed by atoms with Gasteiger partial charge in [0.15, 0.2) is 17.3 Å². The van der Waals surface area contributed by atoms with Crippen LogP contribution in [0.3, 0.4) is 0 Å². The molecule has 4 aromatic rings. The van der Waals surface area contributed by atoms with Gasteiger partial charge >= 0.3 is 11.9 Å². The number of nitrogens with one attached hydrogen (secondary N) is 1. The number of hydrogen-bond donors (Lipinski definition) is 2. The number of carboxylic acids is 1. The Bertz CT molecular complexity index is 1490. The van der Waals surface area contributed by atoms with Gasteiger partial charge in [0.05, 0.1) is 23.8 Å². The highest BCUT2D eigenvalue weighted by Gasteiger charge is 2.15. The molecule has 36 heavy (non-hydrogen) atoms. The molecule has 3 aromatic carbocycles. The van der Waals surface area contributed by atoms with Crippen molar-refractivity contribution in [3.05, 3.63) is 99.3 Å². The fourth-order valence-corrected chi connectivity index (χ4v) is 3.37. The van der Waals surface area contributed by atoms with E-state index in [4.69, 9.17) is 13.9 Å². The minimum atomic E-state index is -1.04. The summed E-state index contributed by atoms with van der Waals surface area (Å²) >= 11 is 0. The number of carbonyl (C=O) groups is 2. The summed E-state index contributed by atoms with van der Waals surface area (Å²) in [6.45, 7) is 0.0693. The summed E-state index contributed by atoms with van der Waals surface area (Å²) in [5, 5.41) is 24.5. The summed E-state index contributed by atoms with van der Waals surface area (Å²) in [4.78, 5) is 34.1. The van der Waals surface area contributed by atoms with Gasteiger partial charge in [0.1, 0.15) is 12.2 Å². The lowest BCUT2D eigenvalue weighted by Crippen LogP contribution is -2.16. The minimum Gasteiger partial charge on any atom is -0.493 e. The van der Waals surface area contributed by atoms with Gasteiger partial charge in [-0.05, 0) is 42.0 Å². The van der Waals surface area contributed by atoms with Crippen molar-refractivity contribution in [3.8, 4) is 11.5 Å². The average Bonchev–Trinajstić information content (AvgIpc) is 3.31. The van der Waals surface area contributed by atoms with Gasteiger partial charge in [0, 0.05) is 23.1 Å². The largest absolute Gasteiger partial charge is 0.493 e. The predicted molar refractivity (Wildman–Crippen MR) is 129 cm³/mol. The quantitative estimate of drug-likeness (QED) is 0.199. The van der Waals surface area contributed by atoms with E-state index in [9.17, 15) is 24.8 Å². The number of nitrogens with zero attached hydrogens (tertiary/aromatic N) is 2. The number of nitro groups is 1. The molecule has 1 heterocycles. The Kier molecular flexibility index (Phi) is 6.91. The molecule has 1 amide bonds. The maximum Gasteiger partial charge on any atom is 0.335 e. The molecule has 0 aliphatic rings. The highest BCUT2D eigenvalue weighted by molar-refractivity contribution is 5.97. The smallest absolute Gasteiger partial charge is 0.335 e. The van der Waals surface area contributed by atoms with Crippen LogP contribution in [0.15, 0.2) is 76.2 Å². The highest BCUT2D eigenvalue weighted by Crippen LogP contribution is 2.31. The van der Waals surface area contributed by atoms with E-state index in [0.717, 1.165) is 0 Å². The van der Waals surface area contributed by atoms with E-state index >= 15 is 0 Å². The molecule has 0 aliphatic carbocycles. The molecule has 0 bridgehead atoms. The van der Waals surface area contributed by atoms with E-state index < -0.39 is 16.8 Å². The van der Waals surface area contributed by atoms with E-state index in [1.165, 1.54) is 49.7 Å². The average molecular weight is 489 g/mol. The second-order valence-corrected chi connectivity index (χ2v) is 7.46. The van der Waals surface area contributed by atoms with Crippen LogP contribution in [0.5, 0.6) is 11.5 Å². The third-order valence-electron chi connectivity index (χ3n) is 5.09. The van der Waals surface area contributed by atoms with E-state index in [1.54, 1.807) is 30.3 Å². The number of ether oxygens (including phenoxy) is 2. The molecule has 0 spiro atoms. The minimum absolute atomic E-state index is 0.0666. The van der Waals surface area contributed by atoms with Gasteiger partial charge in [-0.3, -0.25) is 14.9 Å². The first-order valence-electron chi connectivity index (χ1n) is 10.5. The molecule has 4 rings (SSSR count). The van der Waals surface area contributed by atoms with E-state index in [0.29, 0.717) is 33.6 Å². The number of hydrogen-bond acceptors (Lipinski definition) is 8. The lowest BCUT2D eigenvalue weighted by atomic mass is 10.1. The third kappa shape index (κ3) is 5.30. The van der Waals surface area contributed by atoms with E-state index in [2.05, 4.69) is 10.5 Å². The molecule has 0 radical (unpaired) electrons. The molecule has 1 aromatic heterocycles. The van der Waals surface area contributed by atoms with Crippen LogP contribution in [0.2, 0.25) is 0 Å². The maximum absolute atomic E-state index is 12.5. The number of non-ortho nitro benzene ring substituents is 1. The Balaban J connectivity index is 1.49. The Morgan fingerprint density at radius 2 is 1.94 bits per heavy atom. The molecule has 0 aliphatic heterocycles. The molecule has 0 fully saturated rings. The number of amides is 1. The van der Waals surface area contributed by atoms with Gasteiger partial charge in [-0.2, -0.15) is 5.10 Å². The van der Waals surface area contributed by atoms with Crippen LogP contribution in [0.25, 0.3) is 11.0 Å². The maximum atomic E-state index is 12.5. The second-order valence-electron chi connectivity index (χ2n) is 7.46. The van der Waals surface area contributed by atoms with Crippen LogP contribution in [-0.4, -0.2) is 35.2 Å². The summed E-state index contributed by atoms with van der Waals surface area (Å²) in [7, 11) is 1.47.